The van der Waals surface area contributed by atoms with Crippen molar-refractivity contribution in [1.82, 2.24) is 0 Å². The van der Waals surface area contributed by atoms with Gasteiger partial charge in [-0.25, -0.2) is 0 Å². The smallest absolute Gasteiger partial charge is 0.0431 e. The summed E-state index contributed by atoms with van der Waals surface area (Å²) in [6, 6.07) is 0. The molecule has 15 heavy (non-hydrogen) atoms. The lowest BCUT2D eigenvalue weighted by atomic mass is 10.1. The van der Waals surface area contributed by atoms with Gasteiger partial charge in [0.05, 0.1) is 0 Å². The zero-order chi connectivity index (χ0) is 10.5. The lowest BCUT2D eigenvalue weighted by Crippen LogP contribution is -1.84. The number of aliphatic hydroxyl groups is 1. The van der Waals surface area contributed by atoms with Crippen molar-refractivity contribution in [2.75, 3.05) is 6.61 Å². The first kappa shape index (κ1) is 17.8. The summed E-state index contributed by atoms with van der Waals surface area (Å²) in [5, 5.41) is 8.59. The predicted molar refractivity (Wildman–Crippen MR) is 74.7 cm³/mol. The second-order valence-corrected chi connectivity index (χ2v) is 4.26. The standard InChI is InChI=1S/C13H28O.H3P/c1-2-3-4-5-6-7-8-9-10-11-12-13-14;/h14H,2-13H2,1H3;1H3. The largest absolute Gasteiger partial charge is 0.396 e. The van der Waals surface area contributed by atoms with E-state index in [2.05, 4.69) is 6.92 Å². The van der Waals surface area contributed by atoms with Gasteiger partial charge in [0.15, 0.2) is 0 Å². The molecule has 1 N–H and O–H groups in total. The van der Waals surface area contributed by atoms with Crippen molar-refractivity contribution in [2.45, 2.75) is 77.6 Å². The first-order valence-corrected chi connectivity index (χ1v) is 6.52. The molecule has 94 valence electrons. The number of hydrogen-bond donors (Lipinski definition) is 1. The van der Waals surface area contributed by atoms with Crippen LogP contribution in [-0.4, -0.2) is 11.7 Å². The van der Waals surface area contributed by atoms with E-state index in [0.717, 1.165) is 6.42 Å². The van der Waals surface area contributed by atoms with Gasteiger partial charge in [0.25, 0.3) is 0 Å². The van der Waals surface area contributed by atoms with E-state index in [4.69, 9.17) is 5.11 Å². The first-order chi connectivity index (χ1) is 6.91. The van der Waals surface area contributed by atoms with Crippen molar-refractivity contribution in [1.29, 1.82) is 0 Å². The van der Waals surface area contributed by atoms with Crippen molar-refractivity contribution >= 4 is 9.90 Å². The summed E-state index contributed by atoms with van der Waals surface area (Å²) < 4.78 is 0. The van der Waals surface area contributed by atoms with Crippen LogP contribution < -0.4 is 0 Å². The van der Waals surface area contributed by atoms with Gasteiger partial charge in [-0.1, -0.05) is 71.1 Å². The minimum atomic E-state index is 0. The molecule has 0 aliphatic rings. The van der Waals surface area contributed by atoms with Crippen LogP contribution in [0.4, 0.5) is 0 Å². The Balaban J connectivity index is 0. The third-order valence-electron chi connectivity index (χ3n) is 2.76. The number of aliphatic hydroxyl groups excluding tert-OH is 1. The lowest BCUT2D eigenvalue weighted by molar-refractivity contribution is 0.282. The van der Waals surface area contributed by atoms with Crippen molar-refractivity contribution in [3.05, 3.63) is 0 Å². The summed E-state index contributed by atoms with van der Waals surface area (Å²) >= 11 is 0. The van der Waals surface area contributed by atoms with Crippen LogP contribution >= 0.6 is 9.90 Å². The molecule has 1 unspecified atom stereocenters. The second-order valence-electron chi connectivity index (χ2n) is 4.26. The normalized spacial score (nSPS) is 10.0. The predicted octanol–water partition coefficient (Wildman–Crippen LogP) is 4.35. The fourth-order valence-electron chi connectivity index (χ4n) is 1.78. The van der Waals surface area contributed by atoms with Gasteiger partial charge < -0.3 is 5.11 Å². The van der Waals surface area contributed by atoms with Crippen LogP contribution in [0, 0.1) is 0 Å². The number of unbranched alkanes of at least 4 members (excludes halogenated alkanes) is 10. The molecule has 0 fully saturated rings. The van der Waals surface area contributed by atoms with E-state index in [9.17, 15) is 0 Å². The third-order valence-corrected chi connectivity index (χ3v) is 2.76. The molecule has 0 rings (SSSR count). The molecule has 0 aromatic heterocycles. The topological polar surface area (TPSA) is 20.2 Å². The Morgan fingerprint density at radius 2 is 0.933 bits per heavy atom. The van der Waals surface area contributed by atoms with E-state index in [1.54, 1.807) is 0 Å². The van der Waals surface area contributed by atoms with E-state index in [1.807, 2.05) is 0 Å². The molecule has 0 aliphatic heterocycles. The Kier molecular flexibility index (Phi) is 19.9. The Labute approximate surface area is 99.7 Å². The van der Waals surface area contributed by atoms with E-state index < -0.39 is 0 Å². The highest BCUT2D eigenvalue weighted by atomic mass is 31.0. The van der Waals surface area contributed by atoms with Gasteiger partial charge in [0.2, 0.25) is 0 Å². The van der Waals surface area contributed by atoms with E-state index in [0.29, 0.717) is 6.61 Å². The van der Waals surface area contributed by atoms with E-state index in [-0.39, 0.29) is 9.90 Å². The van der Waals surface area contributed by atoms with E-state index in [1.165, 1.54) is 64.2 Å². The summed E-state index contributed by atoms with van der Waals surface area (Å²) in [4.78, 5) is 0. The summed E-state index contributed by atoms with van der Waals surface area (Å²) in [5.74, 6) is 0. The molecule has 0 aromatic carbocycles. The molecule has 0 heterocycles. The van der Waals surface area contributed by atoms with Crippen molar-refractivity contribution < 1.29 is 5.11 Å². The van der Waals surface area contributed by atoms with Crippen molar-refractivity contribution in [3.8, 4) is 0 Å². The molecule has 1 atom stereocenters. The lowest BCUT2D eigenvalue weighted by Gasteiger charge is -2.01. The number of rotatable bonds is 11. The van der Waals surface area contributed by atoms with Gasteiger partial charge in [-0.15, -0.1) is 0 Å². The molecule has 0 aliphatic carbocycles. The highest BCUT2D eigenvalue weighted by Gasteiger charge is 1.91. The Hall–Kier alpha value is 0.390. The summed E-state index contributed by atoms with van der Waals surface area (Å²) in [6.45, 7) is 2.64. The monoisotopic (exact) mass is 234 g/mol. The average molecular weight is 234 g/mol. The van der Waals surface area contributed by atoms with Crippen molar-refractivity contribution in [2.24, 2.45) is 0 Å². The molecule has 0 saturated heterocycles. The average Bonchev–Trinajstić information content (AvgIpc) is 2.21. The maximum Gasteiger partial charge on any atom is 0.0431 e. The fourth-order valence-corrected chi connectivity index (χ4v) is 1.78. The van der Waals surface area contributed by atoms with Gasteiger partial charge in [-0.05, 0) is 6.42 Å². The van der Waals surface area contributed by atoms with Crippen molar-refractivity contribution in [3.63, 3.8) is 0 Å². The SMILES string of the molecule is CCCCCCCCCCCCCO.P. The molecule has 0 saturated carbocycles. The maximum absolute atomic E-state index is 8.59. The van der Waals surface area contributed by atoms with Gasteiger partial charge >= 0.3 is 0 Å². The minimum Gasteiger partial charge on any atom is -0.396 e. The summed E-state index contributed by atoms with van der Waals surface area (Å²) in [6.07, 6.45) is 14.8. The quantitative estimate of drug-likeness (QED) is 0.416. The van der Waals surface area contributed by atoms with Gasteiger partial charge in [0.1, 0.15) is 0 Å². The van der Waals surface area contributed by atoms with Gasteiger partial charge in [-0.3, -0.25) is 0 Å². The summed E-state index contributed by atoms with van der Waals surface area (Å²) in [7, 11) is 0. The van der Waals surface area contributed by atoms with Crippen LogP contribution in [-0.2, 0) is 0 Å². The fraction of sp³-hybridized carbons (Fsp3) is 1.00. The first-order valence-electron chi connectivity index (χ1n) is 6.52. The Morgan fingerprint density at radius 3 is 1.27 bits per heavy atom. The highest BCUT2D eigenvalue weighted by Crippen LogP contribution is 2.10. The van der Waals surface area contributed by atoms with Crippen LogP contribution in [0.2, 0.25) is 0 Å². The summed E-state index contributed by atoms with van der Waals surface area (Å²) in [5.41, 5.74) is 0. The molecule has 2 heteroatoms. The zero-order valence-electron chi connectivity index (χ0n) is 10.6. The van der Waals surface area contributed by atoms with Crippen LogP contribution in [0.15, 0.2) is 0 Å². The highest BCUT2D eigenvalue weighted by molar-refractivity contribution is 6.92. The molecule has 1 nitrogen and oxygen atoms in total. The minimum absolute atomic E-state index is 0. The van der Waals surface area contributed by atoms with Crippen LogP contribution in [0.1, 0.15) is 77.6 Å². The third kappa shape index (κ3) is 17.0. The molecule has 0 amide bonds. The molecule has 0 aromatic rings. The van der Waals surface area contributed by atoms with Crippen LogP contribution in [0.5, 0.6) is 0 Å². The Morgan fingerprint density at radius 1 is 0.600 bits per heavy atom. The molecular weight excluding hydrogens is 203 g/mol. The molecular formula is C13H31OP. The number of hydrogen-bond acceptors (Lipinski definition) is 1. The van der Waals surface area contributed by atoms with Crippen LogP contribution in [0.25, 0.3) is 0 Å². The second kappa shape index (κ2) is 16.8. The zero-order valence-corrected chi connectivity index (χ0v) is 12.1. The maximum atomic E-state index is 8.59. The molecule has 0 bridgehead atoms. The molecule has 0 spiro atoms. The van der Waals surface area contributed by atoms with Gasteiger partial charge in [0, 0.05) is 6.61 Å². The van der Waals surface area contributed by atoms with Gasteiger partial charge in [-0.2, -0.15) is 9.90 Å². The van der Waals surface area contributed by atoms with Crippen LogP contribution in [0.3, 0.4) is 0 Å². The van der Waals surface area contributed by atoms with E-state index >= 15 is 0 Å². The Bertz CT molecular complexity index is 84.5. The molecule has 0 radical (unpaired) electrons.